The first kappa shape index (κ1) is 26.2. The van der Waals surface area contributed by atoms with Gasteiger partial charge in [-0.15, -0.1) is 0 Å². The Morgan fingerprint density at radius 1 is 1.31 bits per heavy atom. The van der Waals surface area contributed by atoms with E-state index in [4.69, 9.17) is 19.5 Å². The van der Waals surface area contributed by atoms with Crippen LogP contribution >= 0.6 is 7.75 Å². The number of carbonyl (C=O) groups excluding carboxylic acids is 1. The van der Waals surface area contributed by atoms with Crippen LogP contribution in [-0.2, 0) is 18.6 Å². The molecule has 2 aromatic rings. The number of halogens is 2. The average Bonchev–Trinajstić information content (AvgIpc) is 3.05. The second-order valence-electron chi connectivity index (χ2n) is 8.47. The van der Waals surface area contributed by atoms with Gasteiger partial charge >= 0.3 is 19.4 Å². The van der Waals surface area contributed by atoms with Crippen molar-refractivity contribution in [3.8, 4) is 5.75 Å². The molecular weight excluding hydrogens is 503 g/mol. The van der Waals surface area contributed by atoms with Crippen LogP contribution in [0.25, 0.3) is 0 Å². The number of alkyl halides is 2. The highest BCUT2D eigenvalue weighted by Gasteiger charge is 2.60. The molecular formula is C21H26F2N5O7P. The predicted octanol–water partition coefficient (Wildman–Crippen LogP) is 1.13. The van der Waals surface area contributed by atoms with Crippen molar-refractivity contribution in [3.05, 3.63) is 53.1 Å². The van der Waals surface area contributed by atoms with Crippen LogP contribution in [0.15, 0.2) is 47.4 Å². The molecule has 0 spiro atoms. The van der Waals surface area contributed by atoms with Crippen molar-refractivity contribution in [2.75, 3.05) is 25.9 Å². The summed E-state index contributed by atoms with van der Waals surface area (Å²) < 4.78 is 60.0. The molecule has 3 heterocycles. The summed E-state index contributed by atoms with van der Waals surface area (Å²) in [5.41, 5.74) is 4.30. The van der Waals surface area contributed by atoms with E-state index in [1.165, 1.54) is 17.0 Å². The van der Waals surface area contributed by atoms with Crippen molar-refractivity contribution in [2.45, 2.75) is 43.2 Å². The lowest BCUT2D eigenvalue weighted by molar-refractivity contribution is -0.140. The highest BCUT2D eigenvalue weighted by atomic mass is 31.2. The molecule has 0 bridgehead atoms. The molecule has 196 valence electrons. The maximum atomic E-state index is 14.8. The van der Waals surface area contributed by atoms with E-state index in [-0.39, 0.29) is 17.5 Å². The van der Waals surface area contributed by atoms with Crippen LogP contribution in [0.4, 0.5) is 14.6 Å². The van der Waals surface area contributed by atoms with Crippen molar-refractivity contribution in [2.24, 2.45) is 0 Å². The van der Waals surface area contributed by atoms with E-state index in [1.807, 2.05) is 0 Å². The van der Waals surface area contributed by atoms with Gasteiger partial charge in [-0.3, -0.25) is 13.9 Å². The zero-order valence-corrected chi connectivity index (χ0v) is 20.1. The van der Waals surface area contributed by atoms with Crippen molar-refractivity contribution >= 4 is 19.5 Å². The Bertz CT molecular complexity index is 1200. The predicted molar refractivity (Wildman–Crippen MR) is 122 cm³/mol. The number of likely N-dealkylation sites (tertiary alicyclic amines) is 1. The van der Waals surface area contributed by atoms with Crippen LogP contribution < -0.4 is 21.0 Å². The lowest BCUT2D eigenvalue weighted by Gasteiger charge is -2.32. The Morgan fingerprint density at radius 3 is 2.72 bits per heavy atom. The number of rotatable bonds is 8. The molecule has 0 radical (unpaired) electrons. The number of nitrogens with zero attached hydrogens (tertiary/aromatic N) is 3. The van der Waals surface area contributed by atoms with Crippen molar-refractivity contribution in [1.29, 1.82) is 0 Å². The molecule has 0 saturated carbocycles. The van der Waals surface area contributed by atoms with Gasteiger partial charge in [0.2, 0.25) is 12.1 Å². The summed E-state index contributed by atoms with van der Waals surface area (Å²) in [5, 5.41) is 12.8. The fourth-order valence-electron chi connectivity index (χ4n) is 3.94. The number of piperidine rings is 1. The third-order valence-electron chi connectivity index (χ3n) is 5.84. The summed E-state index contributed by atoms with van der Waals surface area (Å²) in [6.07, 6.45) is -4.38. The maximum Gasteiger partial charge on any atom is 0.459 e. The number of nitrogens with two attached hydrogens (primary N) is 1. The molecule has 5 atom stereocenters. The fraction of sp³-hybridized carbons (Fsp3) is 0.476. The fourth-order valence-corrected chi connectivity index (χ4v) is 5.48. The zero-order valence-electron chi connectivity index (χ0n) is 19.2. The topological polar surface area (TPSA) is 158 Å². The standard InChI is InChI=1S/C21H26F2N5O7P/c1-27-10-5-8-14(18(27)30)26-36(32,35-13-6-3-2-4-7-13)33-12-15-17(29)21(22,23)19(34-15)28-11-9-16(24)25-20(28)31/h2-4,6-7,9,11,14-15,17,19,29H,5,8,10,12H2,1H3,(H,26,32)(H2,24,25,31)/t14?,15-,17-,19-,36+/m1/s1. The lowest BCUT2D eigenvalue weighted by atomic mass is 10.1. The summed E-state index contributed by atoms with van der Waals surface area (Å²) >= 11 is 0. The Balaban J connectivity index is 1.53. The second-order valence-corrected chi connectivity index (χ2v) is 10.2. The summed E-state index contributed by atoms with van der Waals surface area (Å²) in [6.45, 7) is -0.280. The number of nitrogen functional groups attached to an aromatic ring is 1. The molecule has 1 aromatic carbocycles. The zero-order chi connectivity index (χ0) is 26.1. The van der Waals surface area contributed by atoms with Crippen LogP contribution in [0.5, 0.6) is 5.75 Å². The number of carbonyl (C=O) groups is 1. The summed E-state index contributed by atoms with van der Waals surface area (Å²) in [4.78, 5) is 29.4. The number of ether oxygens (including phenoxy) is 1. The maximum absolute atomic E-state index is 14.8. The summed E-state index contributed by atoms with van der Waals surface area (Å²) in [7, 11) is -2.74. The van der Waals surface area contributed by atoms with Crippen LogP contribution in [0.1, 0.15) is 19.1 Å². The first-order chi connectivity index (χ1) is 17.0. The number of likely N-dealkylation sites (N-methyl/N-ethyl adjacent to an activating group) is 1. The molecule has 15 heteroatoms. The Morgan fingerprint density at radius 2 is 2.03 bits per heavy atom. The van der Waals surface area contributed by atoms with Crippen LogP contribution in [0.3, 0.4) is 0 Å². The van der Waals surface area contributed by atoms with E-state index in [0.717, 1.165) is 12.3 Å². The van der Waals surface area contributed by atoms with E-state index in [0.29, 0.717) is 24.0 Å². The molecule has 12 nitrogen and oxygen atoms in total. The number of nitrogens with one attached hydrogen (secondary N) is 1. The van der Waals surface area contributed by atoms with Crippen molar-refractivity contribution in [1.82, 2.24) is 19.5 Å². The Kier molecular flexibility index (Phi) is 7.43. The number of anilines is 1. The van der Waals surface area contributed by atoms with Crippen LogP contribution in [0, 0.1) is 0 Å². The number of aliphatic hydroxyl groups is 1. The number of amides is 1. The van der Waals surface area contributed by atoms with Gasteiger partial charge in [0.1, 0.15) is 17.7 Å². The SMILES string of the molecule is CN1CCCC(N[P@](=O)(OC[C@H]2O[C@@H](n3ccc(N)nc3=O)C(F)(F)[C@@H]2O)Oc2ccccc2)C1=O. The van der Waals surface area contributed by atoms with E-state index in [1.54, 1.807) is 25.2 Å². The summed E-state index contributed by atoms with van der Waals surface area (Å²) in [6, 6.07) is 8.16. The lowest BCUT2D eigenvalue weighted by Crippen LogP contribution is -2.48. The Labute approximate surface area is 204 Å². The highest BCUT2D eigenvalue weighted by molar-refractivity contribution is 7.52. The highest BCUT2D eigenvalue weighted by Crippen LogP contribution is 2.48. The van der Waals surface area contributed by atoms with Gasteiger partial charge < -0.3 is 25.0 Å². The van der Waals surface area contributed by atoms with Gasteiger partial charge in [0.05, 0.1) is 12.6 Å². The largest absolute Gasteiger partial charge is 0.459 e. The summed E-state index contributed by atoms with van der Waals surface area (Å²) in [5.74, 6) is -4.29. The molecule has 36 heavy (non-hydrogen) atoms. The van der Waals surface area contributed by atoms with Crippen molar-refractivity contribution < 1.29 is 37.0 Å². The molecule has 2 aliphatic heterocycles. The molecule has 4 N–H and O–H groups in total. The molecule has 2 saturated heterocycles. The number of para-hydroxylation sites is 1. The number of hydrogen-bond acceptors (Lipinski definition) is 9. The van der Waals surface area contributed by atoms with Gasteiger partial charge in [-0.05, 0) is 31.0 Å². The smallest absolute Gasteiger partial charge is 0.413 e. The van der Waals surface area contributed by atoms with Crippen molar-refractivity contribution in [3.63, 3.8) is 0 Å². The van der Waals surface area contributed by atoms with Gasteiger partial charge in [-0.25, -0.2) is 9.36 Å². The monoisotopic (exact) mass is 529 g/mol. The number of benzene rings is 1. The third-order valence-corrected chi connectivity index (χ3v) is 7.40. The van der Waals surface area contributed by atoms with Crippen LogP contribution in [-0.4, -0.2) is 69.8 Å². The third kappa shape index (κ3) is 5.42. The molecule has 4 rings (SSSR count). The minimum absolute atomic E-state index is 0.139. The molecule has 1 amide bonds. The average molecular weight is 529 g/mol. The molecule has 2 aliphatic rings. The minimum atomic E-state index is -4.33. The minimum Gasteiger partial charge on any atom is -0.413 e. The van der Waals surface area contributed by atoms with E-state index in [9.17, 15) is 28.0 Å². The van der Waals surface area contributed by atoms with E-state index >= 15 is 0 Å². The number of aromatic nitrogens is 2. The normalized spacial score (nSPS) is 27.6. The second kappa shape index (κ2) is 10.2. The number of hydrogen-bond donors (Lipinski definition) is 3. The first-order valence-electron chi connectivity index (χ1n) is 11.1. The first-order valence-corrected chi connectivity index (χ1v) is 12.6. The van der Waals surface area contributed by atoms with E-state index in [2.05, 4.69) is 10.1 Å². The van der Waals surface area contributed by atoms with Gasteiger partial charge in [0, 0.05) is 19.8 Å². The Hall–Kier alpha value is -2.90. The number of aliphatic hydroxyl groups excluding tert-OH is 1. The van der Waals surface area contributed by atoms with Crippen LogP contribution in [0.2, 0.25) is 0 Å². The van der Waals surface area contributed by atoms with Gasteiger partial charge in [0.15, 0.2) is 6.10 Å². The molecule has 0 aliphatic carbocycles. The van der Waals surface area contributed by atoms with Gasteiger partial charge in [-0.1, -0.05) is 18.2 Å². The van der Waals surface area contributed by atoms with E-state index < -0.39 is 50.4 Å². The van der Waals surface area contributed by atoms with Gasteiger partial charge in [-0.2, -0.15) is 18.9 Å². The molecule has 2 fully saturated rings. The quantitative estimate of drug-likeness (QED) is 0.424. The molecule has 1 unspecified atom stereocenters. The van der Waals surface area contributed by atoms with Gasteiger partial charge in [0.25, 0.3) is 0 Å². The molecule has 1 aromatic heterocycles.